The molecule has 1 fully saturated rings. The molecule has 1 aliphatic rings. The SMILES string of the molecule is CCNC(=NCc1ccc(S(N)(=O)=O)s1)NCC(c1ccco1)N1CCCC1.I. The van der Waals surface area contributed by atoms with Crippen molar-refractivity contribution < 1.29 is 12.8 Å². The molecule has 11 heteroatoms. The third-order valence-electron chi connectivity index (χ3n) is 4.57. The van der Waals surface area contributed by atoms with Crippen LogP contribution in [0.15, 0.2) is 44.1 Å². The number of sulfonamides is 1. The van der Waals surface area contributed by atoms with Crippen LogP contribution in [0.5, 0.6) is 0 Å². The Morgan fingerprint density at radius 3 is 2.66 bits per heavy atom. The van der Waals surface area contributed by atoms with Gasteiger partial charge in [-0.1, -0.05) is 0 Å². The molecule has 2 aromatic rings. The number of aliphatic imine (C=N–C) groups is 1. The van der Waals surface area contributed by atoms with E-state index in [4.69, 9.17) is 9.56 Å². The van der Waals surface area contributed by atoms with Crippen LogP contribution in [-0.2, 0) is 16.6 Å². The lowest BCUT2D eigenvalue weighted by atomic mass is 10.2. The second kappa shape index (κ2) is 11.3. The van der Waals surface area contributed by atoms with E-state index in [-0.39, 0.29) is 34.2 Å². The lowest BCUT2D eigenvalue weighted by Gasteiger charge is -2.26. The summed E-state index contributed by atoms with van der Waals surface area (Å²) in [4.78, 5) is 7.84. The van der Waals surface area contributed by atoms with Crippen LogP contribution >= 0.6 is 35.3 Å². The number of nitrogens with one attached hydrogen (secondary N) is 2. The van der Waals surface area contributed by atoms with E-state index < -0.39 is 10.0 Å². The molecular formula is C18H28IN5O3S2. The quantitative estimate of drug-likeness (QED) is 0.263. The molecule has 1 aliphatic heterocycles. The minimum absolute atomic E-state index is 0. The molecule has 0 amide bonds. The van der Waals surface area contributed by atoms with E-state index in [0.29, 0.717) is 19.0 Å². The van der Waals surface area contributed by atoms with Gasteiger partial charge in [0.15, 0.2) is 5.96 Å². The summed E-state index contributed by atoms with van der Waals surface area (Å²) < 4.78 is 28.6. The van der Waals surface area contributed by atoms with Crippen LogP contribution in [0.4, 0.5) is 0 Å². The Bertz CT molecular complexity index is 877. The van der Waals surface area contributed by atoms with Crippen LogP contribution in [0, 0.1) is 0 Å². The Balaban J connectivity index is 0.00000300. The average Bonchev–Trinajstić information content (AvgIpc) is 3.41. The number of rotatable bonds is 8. The van der Waals surface area contributed by atoms with Crippen molar-refractivity contribution in [3.8, 4) is 0 Å². The van der Waals surface area contributed by atoms with E-state index in [2.05, 4.69) is 20.5 Å². The zero-order valence-corrected chi connectivity index (χ0v) is 20.3. The van der Waals surface area contributed by atoms with E-state index in [9.17, 15) is 8.42 Å². The van der Waals surface area contributed by atoms with Gasteiger partial charge in [0, 0.05) is 18.0 Å². The van der Waals surface area contributed by atoms with Crippen molar-refractivity contribution in [2.75, 3.05) is 26.2 Å². The molecule has 1 unspecified atom stereocenters. The van der Waals surface area contributed by atoms with Crippen LogP contribution < -0.4 is 15.8 Å². The second-order valence-corrected chi connectivity index (χ2v) is 9.57. The molecule has 1 saturated heterocycles. The van der Waals surface area contributed by atoms with E-state index in [0.717, 1.165) is 41.6 Å². The monoisotopic (exact) mass is 553 g/mol. The highest BCUT2D eigenvalue weighted by Crippen LogP contribution is 2.25. The molecule has 29 heavy (non-hydrogen) atoms. The van der Waals surface area contributed by atoms with Gasteiger partial charge in [0.2, 0.25) is 10.0 Å². The second-order valence-electron chi connectivity index (χ2n) is 6.62. The molecule has 0 radical (unpaired) electrons. The number of nitrogens with two attached hydrogens (primary N) is 1. The number of halogens is 1. The number of nitrogens with zero attached hydrogens (tertiary/aromatic N) is 2. The Labute approximate surface area is 193 Å². The zero-order valence-electron chi connectivity index (χ0n) is 16.3. The molecule has 0 bridgehead atoms. The predicted molar refractivity (Wildman–Crippen MR) is 126 cm³/mol. The first kappa shape index (κ1) is 24.1. The van der Waals surface area contributed by atoms with Gasteiger partial charge in [-0.15, -0.1) is 35.3 Å². The van der Waals surface area contributed by atoms with Crippen LogP contribution in [0.2, 0.25) is 0 Å². The van der Waals surface area contributed by atoms with Gasteiger partial charge in [0.1, 0.15) is 9.97 Å². The first-order chi connectivity index (χ1) is 13.5. The zero-order chi connectivity index (χ0) is 20.0. The van der Waals surface area contributed by atoms with Crippen molar-refractivity contribution in [3.05, 3.63) is 41.2 Å². The minimum atomic E-state index is -3.66. The number of primary sulfonamides is 1. The van der Waals surface area contributed by atoms with Gasteiger partial charge in [-0.05, 0) is 57.1 Å². The van der Waals surface area contributed by atoms with E-state index in [1.165, 1.54) is 18.9 Å². The summed E-state index contributed by atoms with van der Waals surface area (Å²) in [5.41, 5.74) is 0. The van der Waals surface area contributed by atoms with E-state index in [1.807, 2.05) is 19.1 Å². The summed E-state index contributed by atoms with van der Waals surface area (Å²) >= 11 is 1.14. The van der Waals surface area contributed by atoms with Crippen molar-refractivity contribution in [2.24, 2.45) is 10.1 Å². The van der Waals surface area contributed by atoms with Crippen molar-refractivity contribution in [1.29, 1.82) is 0 Å². The highest BCUT2D eigenvalue weighted by atomic mass is 127. The highest BCUT2D eigenvalue weighted by molar-refractivity contribution is 14.0. The Hall–Kier alpha value is -1.15. The van der Waals surface area contributed by atoms with Crippen molar-refractivity contribution in [3.63, 3.8) is 0 Å². The summed E-state index contributed by atoms with van der Waals surface area (Å²) in [6.45, 7) is 5.91. The summed E-state index contributed by atoms with van der Waals surface area (Å²) in [7, 11) is -3.66. The van der Waals surface area contributed by atoms with Gasteiger partial charge in [0.05, 0.1) is 18.8 Å². The average molecular weight is 553 g/mol. The van der Waals surface area contributed by atoms with Crippen LogP contribution in [-0.4, -0.2) is 45.5 Å². The van der Waals surface area contributed by atoms with Gasteiger partial charge >= 0.3 is 0 Å². The standard InChI is InChI=1S/C18H27N5O3S2.HI/c1-2-20-18(21-12-14-7-8-17(27-14)28(19,24)25)22-13-15(16-6-5-11-26-16)23-9-3-4-10-23;/h5-8,11,15H,2-4,9-10,12-13H2,1H3,(H2,19,24,25)(H2,20,21,22);1H. The number of likely N-dealkylation sites (tertiary alicyclic amines) is 1. The molecule has 3 heterocycles. The van der Waals surface area contributed by atoms with Gasteiger partial charge in [-0.3, -0.25) is 4.90 Å². The molecule has 2 aromatic heterocycles. The van der Waals surface area contributed by atoms with E-state index >= 15 is 0 Å². The lowest BCUT2D eigenvalue weighted by Crippen LogP contribution is -2.42. The minimum Gasteiger partial charge on any atom is -0.468 e. The Kier molecular flexibility index (Phi) is 9.40. The molecule has 1 atom stereocenters. The highest BCUT2D eigenvalue weighted by Gasteiger charge is 2.25. The number of furan rings is 1. The third kappa shape index (κ3) is 6.95. The van der Waals surface area contributed by atoms with Crippen molar-refractivity contribution in [1.82, 2.24) is 15.5 Å². The topological polar surface area (TPSA) is 113 Å². The number of guanidine groups is 1. The summed E-state index contributed by atoms with van der Waals surface area (Å²) in [5, 5.41) is 11.8. The normalized spacial score (nSPS) is 16.4. The third-order valence-corrected chi connectivity index (χ3v) is 7.08. The molecule has 0 aromatic carbocycles. The van der Waals surface area contributed by atoms with E-state index in [1.54, 1.807) is 12.3 Å². The van der Waals surface area contributed by atoms with Crippen molar-refractivity contribution >= 4 is 51.3 Å². The van der Waals surface area contributed by atoms with Gasteiger partial charge in [0.25, 0.3) is 0 Å². The smallest absolute Gasteiger partial charge is 0.247 e. The fraction of sp³-hybridized carbons (Fsp3) is 0.500. The van der Waals surface area contributed by atoms with Crippen LogP contribution in [0.3, 0.4) is 0 Å². The molecular weight excluding hydrogens is 525 g/mol. The van der Waals surface area contributed by atoms with Gasteiger partial charge < -0.3 is 15.1 Å². The Morgan fingerprint density at radius 2 is 2.07 bits per heavy atom. The first-order valence-electron chi connectivity index (χ1n) is 9.38. The maximum Gasteiger partial charge on any atom is 0.247 e. The molecule has 0 saturated carbocycles. The van der Waals surface area contributed by atoms with Gasteiger partial charge in [-0.2, -0.15) is 0 Å². The largest absolute Gasteiger partial charge is 0.468 e. The fourth-order valence-corrected chi connectivity index (χ4v) is 4.94. The lowest BCUT2D eigenvalue weighted by molar-refractivity contribution is 0.215. The first-order valence-corrected chi connectivity index (χ1v) is 11.7. The number of thiophene rings is 1. The molecule has 8 nitrogen and oxygen atoms in total. The summed E-state index contributed by atoms with van der Waals surface area (Å²) in [5.74, 6) is 1.63. The number of hydrogen-bond acceptors (Lipinski definition) is 6. The summed E-state index contributed by atoms with van der Waals surface area (Å²) in [6, 6.07) is 7.34. The Morgan fingerprint density at radius 1 is 1.31 bits per heavy atom. The molecule has 0 aliphatic carbocycles. The van der Waals surface area contributed by atoms with Gasteiger partial charge in [-0.25, -0.2) is 18.5 Å². The molecule has 0 spiro atoms. The molecule has 4 N–H and O–H groups in total. The van der Waals surface area contributed by atoms with Crippen molar-refractivity contribution in [2.45, 2.75) is 36.6 Å². The molecule has 3 rings (SSSR count). The summed E-state index contributed by atoms with van der Waals surface area (Å²) in [6.07, 6.45) is 4.11. The fourth-order valence-electron chi connectivity index (χ4n) is 3.23. The van der Waals surface area contributed by atoms with Crippen LogP contribution in [0.25, 0.3) is 0 Å². The maximum absolute atomic E-state index is 11.4. The van der Waals surface area contributed by atoms with Crippen LogP contribution in [0.1, 0.15) is 36.4 Å². The maximum atomic E-state index is 11.4. The number of hydrogen-bond donors (Lipinski definition) is 3. The molecule has 162 valence electrons. The predicted octanol–water partition coefficient (Wildman–Crippen LogP) is 2.50.